The Balaban J connectivity index is 1.70. The minimum absolute atomic E-state index is 0.228. The van der Waals surface area contributed by atoms with Crippen LogP contribution in [-0.2, 0) is 0 Å². The van der Waals surface area contributed by atoms with Gasteiger partial charge < -0.3 is 25.0 Å². The summed E-state index contributed by atoms with van der Waals surface area (Å²) < 4.78 is 10.7. The van der Waals surface area contributed by atoms with E-state index in [2.05, 4.69) is 20.6 Å². The highest BCUT2D eigenvalue weighted by molar-refractivity contribution is 5.91. The molecule has 0 unspecified atom stereocenters. The van der Waals surface area contributed by atoms with Gasteiger partial charge in [-0.05, 0) is 38.4 Å². The Morgan fingerprint density at radius 2 is 1.81 bits per heavy atom. The lowest BCUT2D eigenvalue weighted by Crippen LogP contribution is -2.31. The Labute approximate surface area is 153 Å². The van der Waals surface area contributed by atoms with Crippen molar-refractivity contribution in [2.75, 3.05) is 52.8 Å². The van der Waals surface area contributed by atoms with E-state index in [9.17, 15) is 4.79 Å². The molecule has 1 heterocycles. The predicted octanol–water partition coefficient (Wildman–Crippen LogP) is 1.27. The Bertz CT molecular complexity index is 674. The standard InChI is InChI=1S/C18H25N5O3/c1-23(2)10-8-20-18(24)16-12-22-17(13-21-16)19-9-11-26-15-6-4-14(25-3)5-7-15/h4-7,12-13H,8-11H2,1-3H3,(H,19,22)(H,20,24). The molecule has 26 heavy (non-hydrogen) atoms. The SMILES string of the molecule is COc1ccc(OCCNc2cnc(C(=O)NCCN(C)C)cn2)cc1. The third-order valence-electron chi connectivity index (χ3n) is 3.47. The fourth-order valence-electron chi connectivity index (χ4n) is 2.04. The molecule has 8 nitrogen and oxygen atoms in total. The zero-order valence-corrected chi connectivity index (χ0v) is 15.4. The molecule has 1 amide bonds. The van der Waals surface area contributed by atoms with Crippen molar-refractivity contribution in [3.05, 3.63) is 42.4 Å². The molecule has 0 saturated heterocycles. The predicted molar refractivity (Wildman–Crippen MR) is 99.9 cm³/mol. The molecule has 0 aliphatic carbocycles. The number of carbonyl (C=O) groups excluding carboxylic acids is 1. The van der Waals surface area contributed by atoms with Crippen LogP contribution in [0.5, 0.6) is 11.5 Å². The van der Waals surface area contributed by atoms with E-state index in [1.807, 2.05) is 43.3 Å². The van der Waals surface area contributed by atoms with Crippen molar-refractivity contribution in [3.8, 4) is 11.5 Å². The molecule has 0 aliphatic heterocycles. The summed E-state index contributed by atoms with van der Waals surface area (Å²) in [7, 11) is 5.52. The van der Waals surface area contributed by atoms with Crippen LogP contribution in [0.1, 0.15) is 10.5 Å². The number of methoxy groups -OCH3 is 1. The second-order valence-electron chi connectivity index (χ2n) is 5.80. The van der Waals surface area contributed by atoms with Crippen LogP contribution in [-0.4, -0.2) is 68.2 Å². The second kappa shape index (κ2) is 10.2. The van der Waals surface area contributed by atoms with Crippen molar-refractivity contribution in [1.29, 1.82) is 0 Å². The third kappa shape index (κ3) is 6.56. The molecule has 1 aromatic carbocycles. The Hall–Kier alpha value is -2.87. The average molecular weight is 359 g/mol. The van der Waals surface area contributed by atoms with Gasteiger partial charge in [-0.2, -0.15) is 0 Å². The number of benzene rings is 1. The van der Waals surface area contributed by atoms with Crippen LogP contribution in [0.3, 0.4) is 0 Å². The summed E-state index contributed by atoms with van der Waals surface area (Å²) in [6, 6.07) is 7.39. The lowest BCUT2D eigenvalue weighted by atomic mass is 10.3. The first-order valence-electron chi connectivity index (χ1n) is 8.34. The number of amides is 1. The number of carbonyl (C=O) groups is 1. The molecule has 0 radical (unpaired) electrons. The minimum Gasteiger partial charge on any atom is -0.497 e. The van der Waals surface area contributed by atoms with Crippen molar-refractivity contribution in [1.82, 2.24) is 20.2 Å². The lowest BCUT2D eigenvalue weighted by molar-refractivity contribution is 0.0945. The normalized spacial score (nSPS) is 10.5. The number of nitrogens with zero attached hydrogens (tertiary/aromatic N) is 3. The summed E-state index contributed by atoms with van der Waals surface area (Å²) in [4.78, 5) is 22.2. The van der Waals surface area contributed by atoms with E-state index in [0.717, 1.165) is 18.0 Å². The van der Waals surface area contributed by atoms with Crippen molar-refractivity contribution < 1.29 is 14.3 Å². The number of rotatable bonds is 10. The summed E-state index contributed by atoms with van der Waals surface area (Å²) in [5, 5.41) is 5.90. The van der Waals surface area contributed by atoms with Gasteiger partial charge in [-0.1, -0.05) is 0 Å². The number of aromatic nitrogens is 2. The fourth-order valence-corrected chi connectivity index (χ4v) is 2.04. The van der Waals surface area contributed by atoms with Gasteiger partial charge in [-0.15, -0.1) is 0 Å². The molecule has 2 N–H and O–H groups in total. The Kier molecular flexibility index (Phi) is 7.63. The van der Waals surface area contributed by atoms with Crippen molar-refractivity contribution in [3.63, 3.8) is 0 Å². The zero-order chi connectivity index (χ0) is 18.8. The van der Waals surface area contributed by atoms with Gasteiger partial charge in [-0.25, -0.2) is 9.97 Å². The van der Waals surface area contributed by atoms with Crippen LogP contribution in [0, 0.1) is 0 Å². The summed E-state index contributed by atoms with van der Waals surface area (Å²) in [5.41, 5.74) is 0.295. The number of hydrogen-bond donors (Lipinski definition) is 2. The number of nitrogens with one attached hydrogen (secondary N) is 2. The molecule has 0 saturated carbocycles. The van der Waals surface area contributed by atoms with Crippen molar-refractivity contribution in [2.45, 2.75) is 0 Å². The number of ether oxygens (including phenoxy) is 2. The van der Waals surface area contributed by atoms with Crippen LogP contribution in [0.2, 0.25) is 0 Å². The van der Waals surface area contributed by atoms with E-state index in [0.29, 0.717) is 31.2 Å². The van der Waals surface area contributed by atoms with Gasteiger partial charge in [-0.3, -0.25) is 4.79 Å². The van der Waals surface area contributed by atoms with Gasteiger partial charge in [0.2, 0.25) is 0 Å². The van der Waals surface area contributed by atoms with E-state index >= 15 is 0 Å². The molecular formula is C18H25N5O3. The second-order valence-corrected chi connectivity index (χ2v) is 5.80. The lowest BCUT2D eigenvalue weighted by Gasteiger charge is -2.10. The van der Waals surface area contributed by atoms with Gasteiger partial charge in [0.05, 0.1) is 26.0 Å². The molecule has 2 aromatic rings. The molecule has 0 atom stereocenters. The highest BCUT2D eigenvalue weighted by Gasteiger charge is 2.07. The topological polar surface area (TPSA) is 88.6 Å². The third-order valence-corrected chi connectivity index (χ3v) is 3.47. The average Bonchev–Trinajstić information content (AvgIpc) is 2.66. The minimum atomic E-state index is -0.228. The first kappa shape index (κ1) is 19.5. The van der Waals surface area contributed by atoms with Crippen LogP contribution in [0.15, 0.2) is 36.7 Å². The van der Waals surface area contributed by atoms with Gasteiger partial charge in [0.25, 0.3) is 5.91 Å². The fraction of sp³-hybridized carbons (Fsp3) is 0.389. The number of likely N-dealkylation sites (N-methyl/N-ethyl adjacent to an activating group) is 1. The maximum Gasteiger partial charge on any atom is 0.271 e. The zero-order valence-electron chi connectivity index (χ0n) is 15.4. The maximum absolute atomic E-state index is 11.9. The first-order chi connectivity index (χ1) is 12.6. The van der Waals surface area contributed by atoms with Crippen molar-refractivity contribution in [2.24, 2.45) is 0 Å². The molecule has 0 fully saturated rings. The molecule has 2 rings (SSSR count). The molecule has 140 valence electrons. The molecule has 0 aliphatic rings. The molecule has 1 aromatic heterocycles. The summed E-state index contributed by atoms with van der Waals surface area (Å²) >= 11 is 0. The van der Waals surface area contributed by atoms with E-state index in [1.165, 1.54) is 12.4 Å². The van der Waals surface area contributed by atoms with Gasteiger partial charge in [0.15, 0.2) is 0 Å². The monoisotopic (exact) mass is 359 g/mol. The largest absolute Gasteiger partial charge is 0.497 e. The molecule has 0 spiro atoms. The van der Waals surface area contributed by atoms with Gasteiger partial charge in [0, 0.05) is 13.1 Å². The number of hydrogen-bond acceptors (Lipinski definition) is 7. The summed E-state index contributed by atoms with van der Waals surface area (Å²) in [5.74, 6) is 1.92. The van der Waals surface area contributed by atoms with E-state index in [4.69, 9.17) is 9.47 Å². The maximum atomic E-state index is 11.9. The van der Waals surface area contributed by atoms with Crippen LogP contribution in [0.4, 0.5) is 5.82 Å². The number of anilines is 1. The van der Waals surface area contributed by atoms with Crippen LogP contribution >= 0.6 is 0 Å². The molecular weight excluding hydrogens is 334 g/mol. The Morgan fingerprint density at radius 1 is 1.08 bits per heavy atom. The highest BCUT2D eigenvalue weighted by atomic mass is 16.5. The van der Waals surface area contributed by atoms with Crippen LogP contribution in [0.25, 0.3) is 0 Å². The van der Waals surface area contributed by atoms with E-state index < -0.39 is 0 Å². The van der Waals surface area contributed by atoms with E-state index in [1.54, 1.807) is 7.11 Å². The van der Waals surface area contributed by atoms with Crippen LogP contribution < -0.4 is 20.1 Å². The van der Waals surface area contributed by atoms with E-state index in [-0.39, 0.29) is 5.91 Å². The molecule has 8 heteroatoms. The molecule has 0 bridgehead atoms. The van der Waals surface area contributed by atoms with Crippen molar-refractivity contribution >= 4 is 11.7 Å². The highest BCUT2D eigenvalue weighted by Crippen LogP contribution is 2.16. The summed E-state index contributed by atoms with van der Waals surface area (Å²) in [6.45, 7) is 2.37. The Morgan fingerprint density at radius 3 is 2.42 bits per heavy atom. The summed E-state index contributed by atoms with van der Waals surface area (Å²) in [6.07, 6.45) is 2.99. The van der Waals surface area contributed by atoms with Gasteiger partial charge >= 0.3 is 0 Å². The quantitative estimate of drug-likeness (QED) is 0.618. The first-order valence-corrected chi connectivity index (χ1v) is 8.34. The smallest absolute Gasteiger partial charge is 0.271 e. The van der Waals surface area contributed by atoms with Gasteiger partial charge in [0.1, 0.15) is 29.6 Å².